The van der Waals surface area contributed by atoms with Crippen LogP contribution in [-0.4, -0.2) is 47.9 Å². The van der Waals surface area contributed by atoms with Crippen molar-refractivity contribution in [2.75, 3.05) is 18.4 Å². The number of amides is 3. The van der Waals surface area contributed by atoms with Gasteiger partial charge in [-0.15, -0.1) is 0 Å². The summed E-state index contributed by atoms with van der Waals surface area (Å²) in [5, 5.41) is 7.94. The molecule has 9 nitrogen and oxygen atoms in total. The molecule has 3 amide bonds. The summed E-state index contributed by atoms with van der Waals surface area (Å²) in [5.74, 6) is -1.63. The second-order valence-electron chi connectivity index (χ2n) is 9.70. The minimum atomic E-state index is -4.50. The lowest BCUT2D eigenvalue weighted by Gasteiger charge is -2.22. The van der Waals surface area contributed by atoms with E-state index in [0.717, 1.165) is 29.5 Å². The first-order valence-electron chi connectivity index (χ1n) is 13.3. The molecule has 218 valence electrons. The monoisotopic (exact) mass is 573 g/mol. The van der Waals surface area contributed by atoms with Crippen molar-refractivity contribution in [1.82, 2.24) is 15.8 Å². The molecule has 3 aromatic rings. The fourth-order valence-corrected chi connectivity index (χ4v) is 4.21. The Hall–Kier alpha value is -4.16. The number of aromatic amines is 1. The van der Waals surface area contributed by atoms with Crippen LogP contribution in [0.4, 0.5) is 18.9 Å². The van der Waals surface area contributed by atoms with Gasteiger partial charge in [0.1, 0.15) is 11.7 Å². The van der Waals surface area contributed by atoms with Gasteiger partial charge in [0.05, 0.1) is 31.9 Å². The van der Waals surface area contributed by atoms with Crippen molar-refractivity contribution >= 4 is 34.3 Å². The Morgan fingerprint density at radius 2 is 1.76 bits per heavy atom. The third-order valence-electron chi connectivity index (χ3n) is 6.28. The second-order valence-corrected chi connectivity index (χ2v) is 9.70. The number of para-hydroxylation sites is 1. The van der Waals surface area contributed by atoms with Gasteiger partial charge in [0.2, 0.25) is 17.3 Å². The number of fused-ring (bicyclic) bond motifs is 1. The summed E-state index contributed by atoms with van der Waals surface area (Å²) in [7, 11) is 0. The van der Waals surface area contributed by atoms with Gasteiger partial charge in [-0.2, -0.15) is 13.2 Å². The first kappa shape index (κ1) is 31.4. The summed E-state index contributed by atoms with van der Waals surface area (Å²) >= 11 is 0. The number of hydrogen-bond acceptors (Lipinski definition) is 4. The number of pyridine rings is 1. The van der Waals surface area contributed by atoms with E-state index >= 15 is 0 Å². The van der Waals surface area contributed by atoms with Crippen molar-refractivity contribution in [2.45, 2.75) is 50.9 Å². The van der Waals surface area contributed by atoms with Gasteiger partial charge in [-0.3, -0.25) is 19.8 Å². The summed E-state index contributed by atoms with van der Waals surface area (Å²) in [4.78, 5) is 41.9. The van der Waals surface area contributed by atoms with E-state index in [1.807, 2.05) is 31.2 Å². The number of carbonyl (C=O) groups excluding carboxylic acids is 3. The summed E-state index contributed by atoms with van der Waals surface area (Å²) in [6.45, 7) is 6.93. The molecule has 3 rings (SSSR count). The van der Waals surface area contributed by atoms with Crippen molar-refractivity contribution in [3.63, 3.8) is 0 Å². The first-order chi connectivity index (χ1) is 19.5. The maximum Gasteiger partial charge on any atom is 0.416 e. The standard InChI is InChI=1S/C29H33F3N6O3/c1-3-13-38(14-4-2)37-26(39)17-23(33)27(40)36-25(15-19-9-11-21(12-10-19)29(30,31)32)28(41)35-22-16-20-7-5-6-8-24(20)34-18-22/h5-12,16,18,23,25H,1,3-4,13-15,17,33H2,2H3,(H2-,35,36,37,39,40,41)/p+3. The number of halogens is 3. The van der Waals surface area contributed by atoms with Crippen LogP contribution in [0.5, 0.6) is 0 Å². The molecular formula is C29H36F3N6O3+3. The largest absolute Gasteiger partial charge is 0.416 e. The third kappa shape index (κ3) is 9.47. The van der Waals surface area contributed by atoms with Crippen LogP contribution in [0.15, 0.2) is 60.8 Å². The number of anilines is 1. The van der Waals surface area contributed by atoms with E-state index in [9.17, 15) is 27.6 Å². The maximum atomic E-state index is 13.3. The summed E-state index contributed by atoms with van der Waals surface area (Å²) < 4.78 is 39.1. The quantitative estimate of drug-likeness (QED) is 0.185. The highest BCUT2D eigenvalue weighted by Gasteiger charge is 2.31. The lowest BCUT2D eigenvalue weighted by molar-refractivity contribution is -0.402. The molecule has 0 aliphatic heterocycles. The highest BCUT2D eigenvalue weighted by molar-refractivity contribution is 5.99. The number of quaternary nitrogens is 1. The Kier molecular flexibility index (Phi) is 11.1. The van der Waals surface area contributed by atoms with E-state index in [-0.39, 0.29) is 12.8 Å². The van der Waals surface area contributed by atoms with Gasteiger partial charge < -0.3 is 16.4 Å². The van der Waals surface area contributed by atoms with Gasteiger partial charge >= 0.3 is 6.18 Å². The van der Waals surface area contributed by atoms with Gasteiger partial charge in [0.15, 0.2) is 12.2 Å². The fourth-order valence-electron chi connectivity index (χ4n) is 4.21. The predicted molar refractivity (Wildman–Crippen MR) is 147 cm³/mol. The number of nitrogens with zero attached hydrogens (tertiary/aromatic N) is 1. The van der Waals surface area contributed by atoms with Gasteiger partial charge in [-0.05, 0) is 36.2 Å². The van der Waals surface area contributed by atoms with Crippen molar-refractivity contribution in [3.05, 3.63) is 78.8 Å². The van der Waals surface area contributed by atoms with Crippen LogP contribution in [-0.2, 0) is 27.0 Å². The van der Waals surface area contributed by atoms with Gasteiger partial charge in [-0.1, -0.05) is 31.2 Å². The van der Waals surface area contributed by atoms with E-state index < -0.39 is 41.5 Å². The Labute approximate surface area is 236 Å². The Bertz CT molecular complexity index is 1330. The number of alkyl halides is 3. The van der Waals surface area contributed by atoms with Crippen LogP contribution in [0, 0.1) is 6.92 Å². The number of hydrogen-bond donors (Lipinski definition) is 4. The molecular weight excluding hydrogens is 537 g/mol. The maximum absolute atomic E-state index is 13.3. The molecule has 0 fully saturated rings. The average Bonchev–Trinajstić information content (AvgIpc) is 2.92. The minimum Gasteiger partial charge on any atom is -0.347 e. The molecule has 41 heavy (non-hydrogen) atoms. The van der Waals surface area contributed by atoms with E-state index in [4.69, 9.17) is 0 Å². The highest BCUT2D eigenvalue weighted by Crippen LogP contribution is 2.29. The smallest absolute Gasteiger partial charge is 0.347 e. The molecule has 0 bridgehead atoms. The molecule has 2 atom stereocenters. The lowest BCUT2D eigenvalue weighted by Crippen LogP contribution is -2.70. The lowest BCUT2D eigenvalue weighted by atomic mass is 10.0. The average molecular weight is 574 g/mol. The van der Waals surface area contributed by atoms with Gasteiger partial charge in [0, 0.05) is 24.4 Å². The zero-order valence-electron chi connectivity index (χ0n) is 22.9. The topological polar surface area (TPSA) is 132 Å². The van der Waals surface area contributed by atoms with E-state index in [0.29, 0.717) is 30.8 Å². The molecule has 1 aromatic heterocycles. The van der Waals surface area contributed by atoms with Crippen molar-refractivity contribution in [1.29, 1.82) is 0 Å². The number of H-pyrrole nitrogens is 1. The van der Waals surface area contributed by atoms with Crippen LogP contribution < -0.4 is 26.8 Å². The van der Waals surface area contributed by atoms with Crippen molar-refractivity contribution < 1.29 is 38.3 Å². The molecule has 12 heteroatoms. The molecule has 0 aliphatic carbocycles. The SMILES string of the molecule is [CH2+]CCN(CCC)NC(=O)CC([NH3+])C(=O)NC(Cc1ccc(C(F)(F)F)cc1)C(=O)Nc1c[nH+]c2ccccc2c1. The Morgan fingerprint density at radius 3 is 2.41 bits per heavy atom. The molecule has 0 saturated carbocycles. The van der Waals surface area contributed by atoms with Crippen molar-refractivity contribution in [3.8, 4) is 0 Å². The first-order valence-corrected chi connectivity index (χ1v) is 13.3. The van der Waals surface area contributed by atoms with Crippen LogP contribution >= 0.6 is 0 Å². The Morgan fingerprint density at radius 1 is 1.05 bits per heavy atom. The molecule has 0 saturated heterocycles. The van der Waals surface area contributed by atoms with Crippen LogP contribution in [0.2, 0.25) is 0 Å². The summed E-state index contributed by atoms with van der Waals surface area (Å²) in [6, 6.07) is 11.4. The Balaban J connectivity index is 1.74. The summed E-state index contributed by atoms with van der Waals surface area (Å²) in [5.41, 5.74) is 7.41. The molecule has 0 spiro atoms. The van der Waals surface area contributed by atoms with Crippen LogP contribution in [0.1, 0.15) is 37.3 Å². The summed E-state index contributed by atoms with van der Waals surface area (Å²) in [6.07, 6.45) is -1.82. The normalized spacial score (nSPS) is 13.0. The van der Waals surface area contributed by atoms with Gasteiger partial charge in [-0.25, -0.2) is 9.99 Å². The number of benzene rings is 2. The zero-order chi connectivity index (χ0) is 30.0. The van der Waals surface area contributed by atoms with Crippen LogP contribution in [0.3, 0.4) is 0 Å². The van der Waals surface area contributed by atoms with Crippen molar-refractivity contribution in [2.24, 2.45) is 0 Å². The molecule has 0 aliphatic rings. The molecule has 0 radical (unpaired) electrons. The van der Waals surface area contributed by atoms with E-state index in [1.54, 1.807) is 17.3 Å². The third-order valence-corrected chi connectivity index (χ3v) is 6.28. The number of carbonyl (C=O) groups is 3. The van der Waals surface area contributed by atoms with E-state index in [2.05, 4.69) is 33.7 Å². The van der Waals surface area contributed by atoms with Gasteiger partial charge in [0.25, 0.3) is 5.91 Å². The highest BCUT2D eigenvalue weighted by atomic mass is 19.4. The zero-order valence-corrected chi connectivity index (χ0v) is 22.9. The molecule has 2 unspecified atom stereocenters. The van der Waals surface area contributed by atoms with Crippen LogP contribution in [0.25, 0.3) is 10.9 Å². The predicted octanol–water partition coefficient (Wildman–Crippen LogP) is 2.31. The molecule has 2 aromatic carbocycles. The number of rotatable bonds is 13. The number of hydrazine groups is 1. The molecule has 7 N–H and O–H groups in total. The van der Waals surface area contributed by atoms with E-state index in [1.165, 1.54) is 12.1 Å². The minimum absolute atomic E-state index is 0.0836. The number of nitrogens with one attached hydrogen (secondary N) is 4. The second kappa shape index (κ2) is 14.5. The fraction of sp³-hybridized carbons (Fsp3) is 0.345. The molecule has 1 heterocycles. The number of aromatic nitrogens is 1.